The van der Waals surface area contributed by atoms with Crippen molar-refractivity contribution >= 4 is 23.2 Å². The van der Waals surface area contributed by atoms with E-state index in [0.29, 0.717) is 5.66 Å². The van der Waals surface area contributed by atoms with Crippen LogP contribution in [0.25, 0.3) is 0 Å². The number of hydrogen-bond acceptors (Lipinski definition) is 0. The van der Waals surface area contributed by atoms with Crippen molar-refractivity contribution in [2.45, 2.75) is 12.1 Å². The molecule has 29 heavy (non-hydrogen) atoms. The molecule has 1 unspecified atom stereocenters. The molecule has 0 radical (unpaired) electrons. The van der Waals surface area contributed by atoms with Crippen molar-refractivity contribution in [2.24, 2.45) is 0 Å². The Morgan fingerprint density at radius 1 is 0.690 bits per heavy atom. The highest BCUT2D eigenvalue weighted by molar-refractivity contribution is 7.96. The van der Waals surface area contributed by atoms with Crippen LogP contribution < -0.4 is 15.9 Å². The van der Waals surface area contributed by atoms with Crippen LogP contribution in [0.2, 0.25) is 0 Å². The molecular formula is C28H22P+. The highest BCUT2D eigenvalue weighted by atomic mass is 31.2. The summed E-state index contributed by atoms with van der Waals surface area (Å²) in [5, 5.41) is 4.25. The fourth-order valence-electron chi connectivity index (χ4n) is 4.60. The molecule has 0 amide bonds. The molecule has 0 fully saturated rings. The second-order valence-corrected chi connectivity index (χ2v) is 11.0. The lowest BCUT2D eigenvalue weighted by Crippen LogP contribution is -2.40. The van der Waals surface area contributed by atoms with Gasteiger partial charge in [-0.15, -0.1) is 0 Å². The summed E-state index contributed by atoms with van der Waals surface area (Å²) in [7, 11) is -1.96. The Bertz CT molecular complexity index is 1070. The number of rotatable bonds is 4. The Morgan fingerprint density at radius 3 is 1.72 bits per heavy atom. The van der Waals surface area contributed by atoms with Crippen LogP contribution in [0, 0.1) is 0 Å². The number of hydrogen-bond donors (Lipinski definition) is 0. The lowest BCUT2D eigenvalue weighted by molar-refractivity contribution is 0.975. The minimum atomic E-state index is -1.96. The SMILES string of the molecule is C1=C=C2C(=CC=1)C=CCC2[P+](c1ccccc1)(c1ccccc1)c1ccccc1. The standard InChI is InChI=1S/C28H22P/c1-4-15-24(16-5-1)29(25-17-6-2-7-18-25,26-19-8-3-9-20-26)28-22-12-14-23-13-10-11-21-27(23)28/h1-10,12-20,28H,22H2/q+1. The molecule has 0 saturated heterocycles. The Balaban J connectivity index is 1.89. The molecule has 0 aromatic heterocycles. The normalized spacial score (nSPS) is 17.4. The van der Waals surface area contributed by atoms with Gasteiger partial charge in [0.15, 0.2) is 0 Å². The smallest absolute Gasteiger partial charge is 0.0796 e. The first-order valence-corrected chi connectivity index (χ1v) is 11.9. The van der Waals surface area contributed by atoms with Gasteiger partial charge in [-0.05, 0) is 54.1 Å². The van der Waals surface area contributed by atoms with Crippen molar-refractivity contribution in [1.29, 1.82) is 0 Å². The molecule has 1 heteroatoms. The number of fused-ring (bicyclic) bond motifs is 1. The maximum Gasteiger partial charge on any atom is 0.120 e. The molecule has 2 aliphatic rings. The van der Waals surface area contributed by atoms with Gasteiger partial charge < -0.3 is 0 Å². The summed E-state index contributed by atoms with van der Waals surface area (Å²) in [6.07, 6.45) is 9.73. The van der Waals surface area contributed by atoms with E-state index in [1.165, 1.54) is 27.1 Å². The van der Waals surface area contributed by atoms with E-state index >= 15 is 0 Å². The zero-order valence-electron chi connectivity index (χ0n) is 16.2. The zero-order chi connectivity index (χ0) is 19.5. The summed E-state index contributed by atoms with van der Waals surface area (Å²) in [5.41, 5.74) is 9.64. The van der Waals surface area contributed by atoms with Crippen LogP contribution in [-0.4, -0.2) is 5.66 Å². The molecule has 1 atom stereocenters. The van der Waals surface area contributed by atoms with Gasteiger partial charge in [0.1, 0.15) is 28.8 Å². The van der Waals surface area contributed by atoms with Gasteiger partial charge in [-0.2, -0.15) is 0 Å². The van der Waals surface area contributed by atoms with Crippen LogP contribution in [0.4, 0.5) is 0 Å². The van der Waals surface area contributed by atoms with Gasteiger partial charge in [0.25, 0.3) is 0 Å². The molecule has 3 aromatic rings. The fourth-order valence-corrected chi connectivity index (χ4v) is 9.54. The van der Waals surface area contributed by atoms with Crippen LogP contribution in [0.15, 0.2) is 138 Å². The molecule has 2 aliphatic carbocycles. The average Bonchev–Trinajstić information content (AvgIpc) is 2.82. The van der Waals surface area contributed by atoms with Crippen LogP contribution in [0.3, 0.4) is 0 Å². The van der Waals surface area contributed by atoms with E-state index in [0.717, 1.165) is 6.42 Å². The van der Waals surface area contributed by atoms with Gasteiger partial charge in [-0.1, -0.05) is 78.2 Å². The Labute approximate surface area is 173 Å². The van der Waals surface area contributed by atoms with Gasteiger partial charge in [0.05, 0.1) is 5.57 Å². The van der Waals surface area contributed by atoms with E-state index in [4.69, 9.17) is 0 Å². The number of allylic oxidation sites excluding steroid dienone is 6. The average molecular weight is 389 g/mol. The van der Waals surface area contributed by atoms with Crippen molar-refractivity contribution in [3.8, 4) is 0 Å². The van der Waals surface area contributed by atoms with E-state index in [1.54, 1.807) is 0 Å². The summed E-state index contributed by atoms with van der Waals surface area (Å²) in [5.74, 6) is 0. The third-order valence-corrected chi connectivity index (χ3v) is 10.6. The van der Waals surface area contributed by atoms with Crippen LogP contribution in [0.1, 0.15) is 6.42 Å². The first-order chi connectivity index (χ1) is 14.4. The Kier molecular flexibility index (Phi) is 4.77. The second-order valence-electron chi connectivity index (χ2n) is 7.35. The van der Waals surface area contributed by atoms with Gasteiger partial charge in [0.2, 0.25) is 0 Å². The van der Waals surface area contributed by atoms with Gasteiger partial charge in [-0.25, -0.2) is 0 Å². The highest BCUT2D eigenvalue weighted by Crippen LogP contribution is 2.64. The van der Waals surface area contributed by atoms with E-state index in [2.05, 4.69) is 121 Å². The molecule has 0 bridgehead atoms. The van der Waals surface area contributed by atoms with Gasteiger partial charge in [-0.3, -0.25) is 0 Å². The molecule has 0 aliphatic heterocycles. The molecule has 0 saturated carbocycles. The quantitative estimate of drug-likeness (QED) is 0.409. The first-order valence-electron chi connectivity index (χ1n) is 10.0. The zero-order valence-corrected chi connectivity index (χ0v) is 17.1. The molecule has 0 N–H and O–H groups in total. The van der Waals surface area contributed by atoms with E-state index in [-0.39, 0.29) is 0 Å². The fraction of sp³-hybridized carbons (Fsp3) is 0.0714. The molecule has 138 valence electrons. The van der Waals surface area contributed by atoms with Crippen molar-refractivity contribution in [2.75, 3.05) is 0 Å². The third kappa shape index (κ3) is 3.00. The summed E-state index contributed by atoms with van der Waals surface area (Å²) in [4.78, 5) is 0. The largest absolute Gasteiger partial charge is 0.120 e. The molecule has 0 heterocycles. The van der Waals surface area contributed by atoms with Crippen LogP contribution >= 0.6 is 7.26 Å². The van der Waals surface area contributed by atoms with Crippen LogP contribution in [0.5, 0.6) is 0 Å². The number of benzene rings is 3. The van der Waals surface area contributed by atoms with Crippen molar-refractivity contribution in [3.05, 3.63) is 138 Å². The summed E-state index contributed by atoms with van der Waals surface area (Å²) >= 11 is 0. The molecule has 0 spiro atoms. The highest BCUT2D eigenvalue weighted by Gasteiger charge is 2.54. The Hall–Kier alpha value is -3.13. The van der Waals surface area contributed by atoms with Crippen molar-refractivity contribution in [1.82, 2.24) is 0 Å². The summed E-state index contributed by atoms with van der Waals surface area (Å²) < 4.78 is 0. The summed E-state index contributed by atoms with van der Waals surface area (Å²) in [6.45, 7) is 0. The lowest BCUT2D eigenvalue weighted by atomic mass is 9.94. The van der Waals surface area contributed by atoms with Crippen molar-refractivity contribution < 1.29 is 0 Å². The third-order valence-electron chi connectivity index (χ3n) is 5.81. The predicted octanol–water partition coefficient (Wildman–Crippen LogP) is 5.49. The Morgan fingerprint density at radius 2 is 1.21 bits per heavy atom. The minimum absolute atomic E-state index is 0.340. The van der Waals surface area contributed by atoms with Gasteiger partial charge >= 0.3 is 0 Å². The van der Waals surface area contributed by atoms with Crippen LogP contribution in [-0.2, 0) is 0 Å². The van der Waals surface area contributed by atoms with E-state index in [9.17, 15) is 0 Å². The molecule has 0 nitrogen and oxygen atoms in total. The summed E-state index contributed by atoms with van der Waals surface area (Å²) in [6, 6.07) is 33.3. The lowest BCUT2D eigenvalue weighted by Gasteiger charge is -2.36. The minimum Gasteiger partial charge on any atom is -0.0796 e. The second kappa shape index (κ2) is 7.71. The predicted molar refractivity (Wildman–Crippen MR) is 126 cm³/mol. The first kappa shape index (κ1) is 17.9. The van der Waals surface area contributed by atoms with E-state index in [1.807, 2.05) is 6.08 Å². The van der Waals surface area contributed by atoms with Crippen molar-refractivity contribution in [3.63, 3.8) is 0 Å². The van der Waals surface area contributed by atoms with E-state index < -0.39 is 7.26 Å². The molecular weight excluding hydrogens is 367 g/mol. The maximum atomic E-state index is 3.51. The molecule has 3 aromatic carbocycles. The molecule has 5 rings (SSSR count). The maximum absolute atomic E-state index is 3.51. The van der Waals surface area contributed by atoms with Gasteiger partial charge in [0, 0.05) is 6.42 Å². The monoisotopic (exact) mass is 389 g/mol. The topological polar surface area (TPSA) is 0 Å².